The summed E-state index contributed by atoms with van der Waals surface area (Å²) >= 11 is 0.611. The summed E-state index contributed by atoms with van der Waals surface area (Å²) in [5.74, 6) is 0. The summed E-state index contributed by atoms with van der Waals surface area (Å²) in [6, 6.07) is 0. The van der Waals surface area contributed by atoms with Crippen molar-refractivity contribution in [1.29, 1.82) is 0 Å². The first-order valence-corrected chi connectivity index (χ1v) is 3.72. The van der Waals surface area contributed by atoms with Crippen molar-refractivity contribution in [2.45, 2.75) is 0 Å². The minimum absolute atomic E-state index is 0. The molecule has 0 heterocycles. The Morgan fingerprint density at radius 2 is 1.15 bits per heavy atom. The fourth-order valence-corrected chi connectivity index (χ4v) is 0. The third-order valence-electron chi connectivity index (χ3n) is 0. The van der Waals surface area contributed by atoms with Crippen LogP contribution in [-0.2, 0) is 7.74 Å². The second-order valence-corrected chi connectivity index (χ2v) is 1.66. The van der Waals surface area contributed by atoms with Crippen LogP contribution in [0.4, 0.5) is 4.79 Å². The first-order chi connectivity index (χ1) is 4.73. The molecule has 0 aliphatic carbocycles. The van der Waals surface area contributed by atoms with E-state index in [2.05, 4.69) is 0 Å². The van der Waals surface area contributed by atoms with Gasteiger partial charge in [0.1, 0.15) is 0 Å². The summed E-state index contributed by atoms with van der Waals surface area (Å²) in [4.78, 5) is 32.6. The van der Waals surface area contributed by atoms with E-state index in [4.69, 9.17) is 37.4 Å². The molecule has 0 amide bonds. The van der Waals surface area contributed by atoms with Crippen molar-refractivity contribution in [1.82, 2.24) is 0 Å². The molecule has 13 heavy (non-hydrogen) atoms. The second kappa shape index (κ2) is 19.1. The summed E-state index contributed by atoms with van der Waals surface area (Å²) in [6.07, 6.45) is -2.33. The Hall–Kier alpha value is 1.48. The maximum atomic E-state index is 8.66. The van der Waals surface area contributed by atoms with Gasteiger partial charge in [-0.1, -0.05) is 0 Å². The number of carbonyl (C=O) groups is 1. The number of phosphoric acid groups is 1. The molecule has 0 radical (unpaired) electrons. The van der Waals surface area contributed by atoms with Crippen LogP contribution < -0.4 is 20.0 Å². The van der Waals surface area contributed by atoms with Crippen LogP contribution in [0, 0.1) is 0 Å². The normalized spacial score (nSPS) is 6.85. The Bertz CT molecular complexity index is 130. The van der Waals surface area contributed by atoms with Gasteiger partial charge in [-0.25, -0.2) is 0 Å². The van der Waals surface area contributed by atoms with Crippen LogP contribution in [0.1, 0.15) is 0 Å². The fourth-order valence-electron chi connectivity index (χ4n) is 0. The molecule has 0 saturated heterocycles. The number of rotatable bonds is 0. The molecule has 0 bridgehead atoms. The molecule has 8 nitrogen and oxygen atoms in total. The summed E-state index contributed by atoms with van der Waals surface area (Å²) < 4.78 is 16.9. The molecule has 12 heteroatoms. The second-order valence-electron chi connectivity index (χ2n) is 0.719. The van der Waals surface area contributed by atoms with E-state index in [-0.39, 0.29) is 46.1 Å². The zero-order valence-electron chi connectivity index (χ0n) is 6.37. The molecule has 0 atom stereocenters. The molecule has 0 saturated carbocycles. The first-order valence-electron chi connectivity index (χ1n) is 1.65. The summed E-state index contributed by atoms with van der Waals surface area (Å²) in [5, 5.41) is 16.7. The van der Waals surface area contributed by atoms with Gasteiger partial charge in [0, 0.05) is 0 Å². The standard InChI is InChI=1S/CH2O3.3Mg.H3O4P.O/c2-1(3)4;;;;1-5(2,3)4;/h(H2,2,3,4);;;;(H3,1,2,3,4);/q;;2*+2;;/p-4. The number of carboxylic acid groups (broad SMARTS) is 2. The first kappa shape index (κ1) is 29.3. The summed E-state index contributed by atoms with van der Waals surface area (Å²) in [7, 11) is -5.14. The van der Waals surface area contributed by atoms with Crippen molar-refractivity contribution < 1.29 is 37.4 Å². The topological polar surface area (TPSA) is 164 Å². The molecule has 0 fully saturated rings. The van der Waals surface area contributed by atoms with Crippen molar-refractivity contribution in [3.63, 3.8) is 0 Å². The predicted molar refractivity (Wildman–Crippen MR) is 33.2 cm³/mol. The van der Waals surface area contributed by atoms with Gasteiger partial charge in [0.2, 0.25) is 0 Å². The van der Waals surface area contributed by atoms with E-state index < -0.39 is 14.0 Å². The Balaban J connectivity index is -0.0000000246. The van der Waals surface area contributed by atoms with Gasteiger partial charge in [0.25, 0.3) is 0 Å². The average Bonchev–Trinajstić information content (AvgIpc) is 1.63. The van der Waals surface area contributed by atoms with E-state index in [1.165, 1.54) is 0 Å². The number of hydrogen-bond acceptors (Lipinski definition) is 7. The van der Waals surface area contributed by atoms with Crippen LogP contribution in [0.3, 0.4) is 0 Å². The molecule has 0 unspecified atom stereocenters. The molecular formula is CHMg3O8P. The van der Waals surface area contributed by atoms with E-state index in [0.717, 1.165) is 0 Å². The van der Waals surface area contributed by atoms with Gasteiger partial charge in [-0.3, -0.25) is 0 Å². The predicted octanol–water partition coefficient (Wildman–Crippen LogP) is -5.90. The molecule has 0 aliphatic rings. The summed E-state index contributed by atoms with van der Waals surface area (Å²) in [6.45, 7) is 0. The van der Waals surface area contributed by atoms with E-state index in [0.29, 0.717) is 21.7 Å². The maximum absolute atomic E-state index is 8.66. The Labute approximate surface area is 118 Å². The van der Waals surface area contributed by atoms with Crippen molar-refractivity contribution in [3.05, 3.63) is 0 Å². The van der Waals surface area contributed by atoms with Crippen LogP contribution in [0.2, 0.25) is 0 Å². The molecule has 0 spiro atoms. The summed E-state index contributed by atoms with van der Waals surface area (Å²) in [5.41, 5.74) is 0. The van der Waals surface area contributed by atoms with Gasteiger partial charge < -0.3 is 34.3 Å². The zero-order chi connectivity index (χ0) is 10.1. The zero-order valence-corrected chi connectivity index (χ0v) is 11.5. The van der Waals surface area contributed by atoms with E-state index in [9.17, 15) is 0 Å². The van der Waals surface area contributed by atoms with Crippen molar-refractivity contribution >= 4 is 81.8 Å². The fraction of sp³-hybridized carbons (Fsp3) is 0. The van der Waals surface area contributed by atoms with Crippen LogP contribution in [0.25, 0.3) is 0 Å². The molecule has 64 valence electrons. The van der Waals surface area contributed by atoms with Gasteiger partial charge in [-0.05, 0) is 6.16 Å². The van der Waals surface area contributed by atoms with Crippen molar-refractivity contribution in [2.24, 2.45) is 0 Å². The van der Waals surface area contributed by atoms with Crippen molar-refractivity contribution in [2.75, 3.05) is 0 Å². The minimum atomic E-state index is -5.14. The van der Waals surface area contributed by atoms with Gasteiger partial charge >= 0.3 is 71.0 Å². The van der Waals surface area contributed by atoms with Gasteiger partial charge in [0.15, 0.2) is 0 Å². The van der Waals surface area contributed by atoms with Crippen LogP contribution in [-0.4, -0.2) is 78.8 Å². The van der Waals surface area contributed by atoms with Gasteiger partial charge in [-0.2, -0.15) is 0 Å². The quantitative estimate of drug-likeness (QED) is 0.325. The molecule has 0 rings (SSSR count). The molecule has 1 N–H and O–H groups in total. The monoisotopic (exact) mass is 244 g/mol. The van der Waals surface area contributed by atoms with Crippen LogP contribution >= 0.6 is 7.82 Å². The average molecular weight is 245 g/mol. The number of hydrogen-bond donors (Lipinski definition) is 1. The molecule has 0 aliphatic heterocycles. The molecule has 0 aromatic heterocycles. The van der Waals surface area contributed by atoms with E-state index in [1.54, 1.807) is 0 Å². The Morgan fingerprint density at radius 1 is 1.15 bits per heavy atom. The third kappa shape index (κ3) is 812. The molecule has 0 aromatic rings. The SMILES string of the molecule is O=C([O-])[O-].O=P([O-])([O-])O.[Mg+2].[Mg+2].[O]=[Mg]. The molecular weight excluding hydrogens is 244 g/mol. The van der Waals surface area contributed by atoms with E-state index in [1.807, 2.05) is 0 Å². The number of carbonyl (C=O) groups excluding carboxylic acids is 1. The van der Waals surface area contributed by atoms with Gasteiger partial charge in [0.05, 0.1) is 7.82 Å². The Morgan fingerprint density at radius 3 is 1.15 bits per heavy atom. The van der Waals surface area contributed by atoms with Crippen LogP contribution in [0.15, 0.2) is 0 Å². The van der Waals surface area contributed by atoms with Crippen LogP contribution in [0.5, 0.6) is 0 Å². The molecule has 0 aromatic carbocycles. The third-order valence-corrected chi connectivity index (χ3v) is 0. The van der Waals surface area contributed by atoms with Crippen molar-refractivity contribution in [3.8, 4) is 0 Å². The van der Waals surface area contributed by atoms with Gasteiger partial charge in [-0.15, -0.1) is 0 Å². The Kier molecular flexibility index (Phi) is 43.0. The van der Waals surface area contributed by atoms with E-state index >= 15 is 0 Å².